The molecule has 0 atom stereocenters. The van der Waals surface area contributed by atoms with Gasteiger partial charge >= 0.3 is 0 Å². The Balaban J connectivity index is 1.58. The quantitative estimate of drug-likeness (QED) is 0.741. The number of ether oxygens (including phenoxy) is 1. The molecule has 0 bridgehead atoms. The molecule has 1 aliphatic heterocycles. The van der Waals surface area contributed by atoms with Crippen LogP contribution in [0.25, 0.3) is 0 Å². The van der Waals surface area contributed by atoms with Crippen LogP contribution >= 0.6 is 0 Å². The van der Waals surface area contributed by atoms with Crippen LogP contribution in [0.15, 0.2) is 48.5 Å². The van der Waals surface area contributed by atoms with Crippen molar-refractivity contribution in [3.63, 3.8) is 0 Å². The molecule has 0 spiro atoms. The van der Waals surface area contributed by atoms with Crippen LogP contribution in [0.2, 0.25) is 0 Å². The zero-order valence-electron chi connectivity index (χ0n) is 16.2. The largest absolute Gasteiger partial charge is 0.497 e. The average molecular weight is 421 g/mol. The predicted molar refractivity (Wildman–Crippen MR) is 107 cm³/mol. The molecule has 1 heterocycles. The molecule has 0 aromatic heterocycles. The molecule has 0 saturated carbocycles. The van der Waals surface area contributed by atoms with Gasteiger partial charge in [0.15, 0.2) is 0 Å². The number of hydrogen-bond acceptors (Lipinski definition) is 4. The van der Waals surface area contributed by atoms with Crippen LogP contribution in [0.4, 0.5) is 4.39 Å². The highest BCUT2D eigenvalue weighted by Gasteiger charge is 2.34. The lowest BCUT2D eigenvalue weighted by Gasteiger charge is -2.34. The van der Waals surface area contributed by atoms with Gasteiger partial charge in [0.05, 0.1) is 13.7 Å². The van der Waals surface area contributed by atoms with E-state index >= 15 is 0 Å². The van der Waals surface area contributed by atoms with Crippen molar-refractivity contribution in [1.29, 1.82) is 0 Å². The number of amides is 1. The standard InChI is InChI=1S/C20H24FN3O4S/c1-28-19-8-6-16(7-9-19)13-22-20(25)15-24-11-3-10-23(29(24,26)27)14-17-4-2-5-18(21)12-17/h2,4-9,12H,3,10-11,13-15H2,1H3,(H,22,25). The number of carbonyl (C=O) groups is 1. The molecule has 156 valence electrons. The number of carbonyl (C=O) groups excluding carboxylic acids is 1. The van der Waals surface area contributed by atoms with E-state index < -0.39 is 16.0 Å². The molecule has 1 N–H and O–H groups in total. The Labute approximate surface area is 170 Å². The van der Waals surface area contributed by atoms with E-state index in [1.165, 1.54) is 20.7 Å². The smallest absolute Gasteiger partial charge is 0.282 e. The minimum Gasteiger partial charge on any atom is -0.497 e. The molecule has 1 aliphatic rings. The molecule has 2 aromatic rings. The van der Waals surface area contributed by atoms with Crippen molar-refractivity contribution in [2.24, 2.45) is 0 Å². The van der Waals surface area contributed by atoms with Crippen molar-refractivity contribution in [2.45, 2.75) is 19.5 Å². The zero-order chi connectivity index (χ0) is 20.9. The molecule has 1 saturated heterocycles. The van der Waals surface area contributed by atoms with E-state index in [9.17, 15) is 17.6 Å². The maximum atomic E-state index is 13.4. The van der Waals surface area contributed by atoms with E-state index in [0.29, 0.717) is 25.1 Å². The Morgan fingerprint density at radius 3 is 2.52 bits per heavy atom. The van der Waals surface area contributed by atoms with E-state index in [-0.39, 0.29) is 25.5 Å². The topological polar surface area (TPSA) is 79.0 Å². The summed E-state index contributed by atoms with van der Waals surface area (Å²) in [4.78, 5) is 12.3. The third kappa shape index (κ3) is 5.53. The maximum Gasteiger partial charge on any atom is 0.282 e. The van der Waals surface area contributed by atoms with Gasteiger partial charge in [-0.05, 0) is 41.8 Å². The maximum absolute atomic E-state index is 13.4. The van der Waals surface area contributed by atoms with Crippen LogP contribution < -0.4 is 10.1 Å². The van der Waals surface area contributed by atoms with E-state index in [1.54, 1.807) is 31.4 Å². The monoisotopic (exact) mass is 421 g/mol. The molecule has 1 amide bonds. The molecule has 0 unspecified atom stereocenters. The van der Waals surface area contributed by atoms with Gasteiger partial charge in [0.2, 0.25) is 5.91 Å². The lowest BCUT2D eigenvalue weighted by Crippen LogP contribution is -2.52. The van der Waals surface area contributed by atoms with Crippen molar-refractivity contribution in [3.05, 3.63) is 65.5 Å². The Kier molecular flexibility index (Phi) is 6.83. The first-order valence-corrected chi connectivity index (χ1v) is 10.7. The average Bonchev–Trinajstić information content (AvgIpc) is 2.70. The van der Waals surface area contributed by atoms with Gasteiger partial charge in [-0.1, -0.05) is 24.3 Å². The van der Waals surface area contributed by atoms with Crippen LogP contribution in [-0.4, -0.2) is 49.7 Å². The summed E-state index contributed by atoms with van der Waals surface area (Å²) in [6.07, 6.45) is 0.598. The van der Waals surface area contributed by atoms with E-state index in [4.69, 9.17) is 4.74 Å². The summed E-state index contributed by atoms with van der Waals surface area (Å²) in [5.74, 6) is -0.0680. The Morgan fingerprint density at radius 2 is 1.83 bits per heavy atom. The lowest BCUT2D eigenvalue weighted by molar-refractivity contribution is -0.121. The molecule has 9 heteroatoms. The number of nitrogens with zero attached hydrogens (tertiary/aromatic N) is 2. The van der Waals surface area contributed by atoms with Crippen LogP contribution in [-0.2, 0) is 28.1 Å². The highest BCUT2D eigenvalue weighted by molar-refractivity contribution is 7.86. The molecule has 7 nitrogen and oxygen atoms in total. The SMILES string of the molecule is COc1ccc(CNC(=O)CN2CCCN(Cc3cccc(F)c3)S2(=O)=O)cc1. The minimum atomic E-state index is -3.80. The van der Waals surface area contributed by atoms with Gasteiger partial charge < -0.3 is 10.1 Å². The van der Waals surface area contributed by atoms with Crippen LogP contribution in [0.1, 0.15) is 17.5 Å². The second-order valence-electron chi connectivity index (χ2n) is 6.78. The van der Waals surface area contributed by atoms with Crippen molar-refractivity contribution in [3.8, 4) is 5.75 Å². The molecule has 0 aliphatic carbocycles. The van der Waals surface area contributed by atoms with Crippen LogP contribution in [0, 0.1) is 5.82 Å². The fraction of sp³-hybridized carbons (Fsp3) is 0.350. The number of halogens is 1. The first-order valence-electron chi connectivity index (χ1n) is 9.28. The highest BCUT2D eigenvalue weighted by atomic mass is 32.2. The summed E-state index contributed by atoms with van der Waals surface area (Å²) in [5.41, 5.74) is 1.45. The molecule has 2 aromatic carbocycles. The molecular formula is C20H24FN3O4S. The van der Waals surface area contributed by atoms with E-state index in [0.717, 1.165) is 11.3 Å². The summed E-state index contributed by atoms with van der Waals surface area (Å²) in [7, 11) is -2.22. The first-order chi connectivity index (χ1) is 13.9. The van der Waals surface area contributed by atoms with Gasteiger partial charge in [0.1, 0.15) is 11.6 Å². The molecule has 0 radical (unpaired) electrons. The molecule has 29 heavy (non-hydrogen) atoms. The van der Waals surface area contributed by atoms with Crippen molar-refractivity contribution in [1.82, 2.24) is 13.9 Å². The third-order valence-corrected chi connectivity index (χ3v) is 6.61. The number of benzene rings is 2. The summed E-state index contributed by atoms with van der Waals surface area (Å²) in [5, 5.41) is 2.74. The van der Waals surface area contributed by atoms with Crippen molar-refractivity contribution < 1.29 is 22.3 Å². The van der Waals surface area contributed by atoms with Crippen molar-refractivity contribution >= 4 is 16.1 Å². The second kappa shape index (κ2) is 9.34. The van der Waals surface area contributed by atoms with Crippen LogP contribution in [0.5, 0.6) is 5.75 Å². The van der Waals surface area contributed by atoms with Crippen LogP contribution in [0.3, 0.4) is 0 Å². The first kappa shape index (κ1) is 21.2. The Hall–Kier alpha value is -2.49. The molecular weight excluding hydrogens is 397 g/mol. The van der Waals surface area contributed by atoms with Crippen molar-refractivity contribution in [2.75, 3.05) is 26.7 Å². The Bertz CT molecular complexity index is 950. The normalized spacial score (nSPS) is 17.0. The summed E-state index contributed by atoms with van der Waals surface area (Å²) < 4.78 is 46.6. The van der Waals surface area contributed by atoms with Gasteiger partial charge in [-0.25, -0.2) is 4.39 Å². The highest BCUT2D eigenvalue weighted by Crippen LogP contribution is 2.19. The summed E-state index contributed by atoms with van der Waals surface area (Å²) in [6, 6.07) is 13.1. The second-order valence-corrected chi connectivity index (χ2v) is 8.71. The van der Waals surface area contributed by atoms with Gasteiger partial charge in [0.25, 0.3) is 10.2 Å². The summed E-state index contributed by atoms with van der Waals surface area (Å²) >= 11 is 0. The molecule has 3 rings (SSSR count). The minimum absolute atomic E-state index is 0.0735. The van der Waals surface area contributed by atoms with Gasteiger partial charge in [-0.15, -0.1) is 0 Å². The number of nitrogens with one attached hydrogen (secondary N) is 1. The lowest BCUT2D eigenvalue weighted by atomic mass is 10.2. The van der Waals surface area contributed by atoms with Gasteiger partial charge in [-0.2, -0.15) is 17.0 Å². The third-order valence-electron chi connectivity index (χ3n) is 4.68. The summed E-state index contributed by atoms with van der Waals surface area (Å²) in [6.45, 7) is 0.729. The van der Waals surface area contributed by atoms with Gasteiger partial charge in [0, 0.05) is 26.2 Å². The Morgan fingerprint density at radius 1 is 1.10 bits per heavy atom. The van der Waals surface area contributed by atoms with E-state index in [2.05, 4.69) is 5.32 Å². The number of hydrogen-bond donors (Lipinski definition) is 1. The fourth-order valence-corrected chi connectivity index (χ4v) is 4.78. The molecule has 1 fully saturated rings. The predicted octanol–water partition coefficient (Wildman–Crippen LogP) is 1.90. The van der Waals surface area contributed by atoms with E-state index in [1.807, 2.05) is 12.1 Å². The number of rotatable bonds is 7. The fourth-order valence-electron chi connectivity index (χ4n) is 3.14. The number of methoxy groups -OCH3 is 1. The zero-order valence-corrected chi connectivity index (χ0v) is 17.0. The van der Waals surface area contributed by atoms with Gasteiger partial charge in [-0.3, -0.25) is 4.79 Å².